The SMILES string of the molecule is O=C(CS(=O)Cc1ccc(Cl)cc1Cl)NCc1ccco1. The molecule has 2 aromatic rings. The molecule has 1 N–H and O–H groups in total. The van der Waals surface area contributed by atoms with Gasteiger partial charge in [-0.25, -0.2) is 0 Å². The fraction of sp³-hybridized carbons (Fsp3) is 0.214. The molecule has 0 radical (unpaired) electrons. The molecule has 0 spiro atoms. The normalized spacial score (nSPS) is 12.1. The van der Waals surface area contributed by atoms with E-state index in [0.717, 1.165) is 0 Å². The maximum absolute atomic E-state index is 12.0. The van der Waals surface area contributed by atoms with Crippen LogP contribution in [0.25, 0.3) is 0 Å². The number of carbonyl (C=O) groups is 1. The highest BCUT2D eigenvalue weighted by Gasteiger charge is 2.11. The van der Waals surface area contributed by atoms with Gasteiger partial charge in [0, 0.05) is 20.8 Å². The van der Waals surface area contributed by atoms with Crippen LogP contribution in [0.4, 0.5) is 0 Å². The molecule has 1 aromatic heterocycles. The Morgan fingerprint density at radius 2 is 2.10 bits per heavy atom. The molecule has 112 valence electrons. The van der Waals surface area contributed by atoms with E-state index in [9.17, 15) is 9.00 Å². The molecule has 0 aliphatic rings. The average Bonchev–Trinajstić information content (AvgIpc) is 2.93. The van der Waals surface area contributed by atoms with Crippen LogP contribution in [0, 0.1) is 0 Å². The summed E-state index contributed by atoms with van der Waals surface area (Å²) in [5, 5.41) is 3.62. The molecular formula is C14H13Cl2NO3S. The molecule has 1 heterocycles. The lowest BCUT2D eigenvalue weighted by Gasteiger charge is -2.06. The van der Waals surface area contributed by atoms with Crippen molar-refractivity contribution in [2.24, 2.45) is 0 Å². The van der Waals surface area contributed by atoms with Gasteiger partial charge in [-0.2, -0.15) is 0 Å². The van der Waals surface area contributed by atoms with E-state index >= 15 is 0 Å². The number of benzene rings is 1. The van der Waals surface area contributed by atoms with Crippen LogP contribution < -0.4 is 5.32 Å². The predicted octanol–water partition coefficient (Wildman–Crippen LogP) is 3.15. The molecule has 0 saturated carbocycles. The second-order valence-electron chi connectivity index (χ2n) is 4.32. The van der Waals surface area contributed by atoms with Crippen LogP contribution in [0.3, 0.4) is 0 Å². The maximum Gasteiger partial charge on any atom is 0.233 e. The Morgan fingerprint density at radius 1 is 1.29 bits per heavy atom. The lowest BCUT2D eigenvalue weighted by Crippen LogP contribution is -2.28. The minimum absolute atomic E-state index is 0.0837. The standard InChI is InChI=1S/C14H13Cl2NO3S/c15-11-4-3-10(13(16)6-11)8-21(19)9-14(18)17-7-12-2-1-5-20-12/h1-6H,7-9H2,(H,17,18). The highest BCUT2D eigenvalue weighted by molar-refractivity contribution is 7.84. The van der Waals surface area contributed by atoms with Crippen LogP contribution in [-0.2, 0) is 27.9 Å². The second-order valence-corrected chi connectivity index (χ2v) is 6.62. The molecule has 21 heavy (non-hydrogen) atoms. The van der Waals surface area contributed by atoms with E-state index in [-0.39, 0.29) is 24.0 Å². The second kappa shape index (κ2) is 7.64. The van der Waals surface area contributed by atoms with Gasteiger partial charge in [0.25, 0.3) is 0 Å². The van der Waals surface area contributed by atoms with Gasteiger partial charge < -0.3 is 9.73 Å². The number of carbonyl (C=O) groups excluding carboxylic acids is 1. The zero-order chi connectivity index (χ0) is 15.2. The quantitative estimate of drug-likeness (QED) is 0.874. The van der Waals surface area contributed by atoms with E-state index in [2.05, 4.69) is 5.32 Å². The third-order valence-corrected chi connectivity index (χ3v) is 4.47. The topological polar surface area (TPSA) is 59.3 Å². The largest absolute Gasteiger partial charge is 0.467 e. The van der Waals surface area contributed by atoms with Crippen molar-refractivity contribution in [1.82, 2.24) is 5.32 Å². The van der Waals surface area contributed by atoms with E-state index in [1.165, 1.54) is 6.26 Å². The summed E-state index contributed by atoms with van der Waals surface area (Å²) in [6.07, 6.45) is 1.53. The summed E-state index contributed by atoms with van der Waals surface area (Å²) in [7, 11) is -1.34. The van der Waals surface area contributed by atoms with Crippen molar-refractivity contribution >= 4 is 39.9 Å². The molecule has 1 unspecified atom stereocenters. The van der Waals surface area contributed by atoms with Gasteiger partial charge in [0.05, 0.1) is 18.6 Å². The van der Waals surface area contributed by atoms with Crippen molar-refractivity contribution in [1.29, 1.82) is 0 Å². The molecule has 0 bridgehead atoms. The predicted molar refractivity (Wildman–Crippen MR) is 83.7 cm³/mol. The van der Waals surface area contributed by atoms with Gasteiger partial charge >= 0.3 is 0 Å². The van der Waals surface area contributed by atoms with Gasteiger partial charge in [-0.15, -0.1) is 0 Å². The van der Waals surface area contributed by atoms with Crippen molar-refractivity contribution in [3.05, 3.63) is 58.0 Å². The molecule has 1 aromatic carbocycles. The van der Waals surface area contributed by atoms with Crippen LogP contribution in [-0.4, -0.2) is 15.9 Å². The first-order valence-electron chi connectivity index (χ1n) is 6.12. The average molecular weight is 346 g/mol. The third kappa shape index (κ3) is 5.19. The molecule has 1 amide bonds. The summed E-state index contributed by atoms with van der Waals surface area (Å²) in [5.74, 6) is 0.480. The van der Waals surface area contributed by atoms with Crippen molar-refractivity contribution in [2.45, 2.75) is 12.3 Å². The van der Waals surface area contributed by atoms with Crippen molar-refractivity contribution < 1.29 is 13.4 Å². The van der Waals surface area contributed by atoms with Crippen molar-refractivity contribution in [2.75, 3.05) is 5.75 Å². The number of rotatable bonds is 6. The molecule has 1 atom stereocenters. The summed E-state index contributed by atoms with van der Waals surface area (Å²) in [5.41, 5.74) is 0.707. The molecule has 0 saturated heterocycles. The lowest BCUT2D eigenvalue weighted by atomic mass is 10.2. The number of hydrogen-bond donors (Lipinski definition) is 1. The third-order valence-electron chi connectivity index (χ3n) is 2.66. The zero-order valence-electron chi connectivity index (χ0n) is 11.0. The van der Waals surface area contributed by atoms with E-state index in [1.807, 2.05) is 0 Å². The molecule has 0 fully saturated rings. The maximum atomic E-state index is 12.0. The lowest BCUT2D eigenvalue weighted by molar-refractivity contribution is -0.118. The first kappa shape index (κ1) is 16.1. The highest BCUT2D eigenvalue weighted by atomic mass is 35.5. The van der Waals surface area contributed by atoms with E-state index in [1.54, 1.807) is 30.3 Å². The molecule has 2 rings (SSSR count). The number of furan rings is 1. The van der Waals surface area contributed by atoms with Crippen LogP contribution in [0.1, 0.15) is 11.3 Å². The van der Waals surface area contributed by atoms with Crippen LogP contribution in [0.15, 0.2) is 41.0 Å². The van der Waals surface area contributed by atoms with Crippen molar-refractivity contribution in [3.8, 4) is 0 Å². The van der Waals surface area contributed by atoms with E-state index < -0.39 is 10.8 Å². The smallest absolute Gasteiger partial charge is 0.233 e. The van der Waals surface area contributed by atoms with Crippen LogP contribution in [0.2, 0.25) is 10.0 Å². The molecular weight excluding hydrogens is 333 g/mol. The summed E-state index contributed by atoms with van der Waals surface area (Å²) in [6.45, 7) is 0.282. The van der Waals surface area contributed by atoms with Crippen LogP contribution in [0.5, 0.6) is 0 Å². The fourth-order valence-electron chi connectivity index (χ4n) is 1.66. The summed E-state index contributed by atoms with van der Waals surface area (Å²) >= 11 is 11.8. The summed E-state index contributed by atoms with van der Waals surface area (Å²) in [6, 6.07) is 8.47. The van der Waals surface area contributed by atoms with Gasteiger partial charge in [0.1, 0.15) is 11.5 Å². The number of halogens is 2. The van der Waals surface area contributed by atoms with Gasteiger partial charge in [-0.1, -0.05) is 29.3 Å². The van der Waals surface area contributed by atoms with Gasteiger partial charge in [-0.3, -0.25) is 9.00 Å². The fourth-order valence-corrected chi connectivity index (χ4v) is 3.31. The van der Waals surface area contributed by atoms with Crippen molar-refractivity contribution in [3.63, 3.8) is 0 Å². The minimum atomic E-state index is -1.34. The minimum Gasteiger partial charge on any atom is -0.467 e. The Labute approximate surface area is 134 Å². The molecule has 7 heteroatoms. The highest BCUT2D eigenvalue weighted by Crippen LogP contribution is 2.22. The van der Waals surface area contributed by atoms with Gasteiger partial charge in [0.2, 0.25) is 5.91 Å². The Hall–Kier alpha value is -1.30. The van der Waals surface area contributed by atoms with Gasteiger partial charge in [0.15, 0.2) is 0 Å². The summed E-state index contributed by atoms with van der Waals surface area (Å²) < 4.78 is 17.0. The Morgan fingerprint density at radius 3 is 2.76 bits per heavy atom. The molecule has 4 nitrogen and oxygen atoms in total. The Balaban J connectivity index is 1.82. The summed E-state index contributed by atoms with van der Waals surface area (Å²) in [4.78, 5) is 11.7. The molecule has 0 aliphatic heterocycles. The number of hydrogen-bond acceptors (Lipinski definition) is 3. The van der Waals surface area contributed by atoms with E-state index in [4.69, 9.17) is 27.6 Å². The zero-order valence-corrected chi connectivity index (χ0v) is 13.3. The first-order valence-corrected chi connectivity index (χ1v) is 8.37. The molecule has 0 aliphatic carbocycles. The first-order chi connectivity index (χ1) is 10.0. The monoisotopic (exact) mass is 345 g/mol. The number of amides is 1. The Bertz CT molecular complexity index is 644. The Kier molecular flexibility index (Phi) is 5.85. The number of nitrogens with one attached hydrogen (secondary N) is 1. The van der Waals surface area contributed by atoms with Crippen LogP contribution >= 0.6 is 23.2 Å². The van der Waals surface area contributed by atoms with E-state index in [0.29, 0.717) is 21.4 Å². The van der Waals surface area contributed by atoms with Gasteiger partial charge in [-0.05, 0) is 29.8 Å².